The molecule has 2 fully saturated rings. The summed E-state index contributed by atoms with van der Waals surface area (Å²) in [4.78, 5) is 38.2. The number of hydrogen-bond acceptors (Lipinski definition) is 10. The summed E-state index contributed by atoms with van der Waals surface area (Å²) in [5.41, 5.74) is 8.17. The number of ether oxygens (including phenoxy) is 2. The van der Waals surface area contributed by atoms with E-state index in [0.29, 0.717) is 5.92 Å². The molecule has 2 aliphatic heterocycles. The maximum absolute atomic E-state index is 12.5. The van der Waals surface area contributed by atoms with Crippen LogP contribution in [0.3, 0.4) is 0 Å². The highest BCUT2D eigenvalue weighted by Crippen LogP contribution is 2.38. The third kappa shape index (κ3) is 7.28. The summed E-state index contributed by atoms with van der Waals surface area (Å²) in [5.74, 6) is 0.0620. The van der Waals surface area contributed by atoms with E-state index < -0.39 is 0 Å². The number of nitrogens with zero attached hydrogens (tertiary/aromatic N) is 6. The number of ketones is 2. The van der Waals surface area contributed by atoms with Gasteiger partial charge in [-0.2, -0.15) is 10.5 Å². The van der Waals surface area contributed by atoms with Gasteiger partial charge in [-0.05, 0) is 81.2 Å². The van der Waals surface area contributed by atoms with Crippen molar-refractivity contribution >= 4 is 28.5 Å². The van der Waals surface area contributed by atoms with Crippen LogP contribution in [0.2, 0.25) is 0 Å². The number of Topliss-reactive ketones (excluding diaryl/α,β-unsaturated/α-hetero) is 2. The number of likely N-dealkylation sites (tertiary alicyclic amines) is 2. The van der Waals surface area contributed by atoms with Crippen LogP contribution in [0, 0.1) is 22.7 Å². The molecule has 2 aromatic heterocycles. The molecule has 50 heavy (non-hydrogen) atoms. The Kier molecular flexibility index (Phi) is 10.8. The predicted molar refractivity (Wildman–Crippen MR) is 192 cm³/mol. The van der Waals surface area contributed by atoms with E-state index in [1.807, 2.05) is 13.0 Å². The number of rotatable bonds is 6. The van der Waals surface area contributed by atoms with E-state index in [1.165, 1.54) is 0 Å². The SMILES string of the molecule is C=C(C)c1cc2c(cn1)CC(=O)C(C#N)=C2N1CCC(C)(OC)CC1.COC1(C)CCN(C2=C(C#N)C(=O)Cc3cnc(C(C)C)cc32)CC1. The average molecular weight is 677 g/mol. The van der Waals surface area contributed by atoms with Crippen LogP contribution in [0.4, 0.5) is 0 Å². The van der Waals surface area contributed by atoms with Crippen LogP contribution in [0.15, 0.2) is 42.3 Å². The normalized spacial score (nSPS) is 19.6. The maximum Gasteiger partial charge on any atom is 0.179 e. The summed E-state index contributed by atoms with van der Waals surface area (Å²) < 4.78 is 11.2. The van der Waals surface area contributed by atoms with Gasteiger partial charge in [0, 0.05) is 82.5 Å². The molecule has 2 saturated heterocycles. The molecule has 0 N–H and O–H groups in total. The third-order valence-corrected chi connectivity index (χ3v) is 10.8. The smallest absolute Gasteiger partial charge is 0.179 e. The lowest BCUT2D eigenvalue weighted by Gasteiger charge is -2.41. The fraction of sp³-hybridized carbons (Fsp3) is 0.500. The number of hydrogen-bond donors (Lipinski definition) is 0. The van der Waals surface area contributed by atoms with Crippen molar-refractivity contribution < 1.29 is 19.1 Å². The first-order valence-corrected chi connectivity index (χ1v) is 17.4. The molecule has 2 aliphatic carbocycles. The van der Waals surface area contributed by atoms with Gasteiger partial charge in [-0.3, -0.25) is 19.6 Å². The molecule has 0 unspecified atom stereocenters. The van der Waals surface area contributed by atoms with Crippen LogP contribution in [0.25, 0.3) is 17.0 Å². The van der Waals surface area contributed by atoms with Crippen LogP contribution in [-0.2, 0) is 31.9 Å². The van der Waals surface area contributed by atoms with E-state index in [-0.39, 0.29) is 46.8 Å². The van der Waals surface area contributed by atoms with E-state index in [0.717, 1.165) is 102 Å². The minimum absolute atomic E-state index is 0.107. The molecule has 4 aliphatic rings. The Hall–Kier alpha value is -4.64. The Morgan fingerprint density at radius 2 is 1.22 bits per heavy atom. The molecule has 0 radical (unpaired) electrons. The van der Waals surface area contributed by atoms with Crippen LogP contribution in [-0.4, -0.2) is 82.9 Å². The molecule has 6 rings (SSSR count). The number of piperidine rings is 2. The van der Waals surface area contributed by atoms with Gasteiger partial charge < -0.3 is 19.3 Å². The van der Waals surface area contributed by atoms with E-state index in [1.54, 1.807) is 26.6 Å². The molecule has 0 saturated carbocycles. The van der Waals surface area contributed by atoms with E-state index in [2.05, 4.69) is 72.2 Å². The second-order valence-corrected chi connectivity index (χ2v) is 14.6. The molecule has 0 spiro atoms. The van der Waals surface area contributed by atoms with Crippen LogP contribution in [0.1, 0.15) is 99.9 Å². The minimum atomic E-state index is -0.146. The first-order valence-electron chi connectivity index (χ1n) is 17.4. The van der Waals surface area contributed by atoms with Crippen molar-refractivity contribution in [3.63, 3.8) is 0 Å². The molecule has 0 amide bonds. The Balaban J connectivity index is 0.000000194. The van der Waals surface area contributed by atoms with E-state index in [9.17, 15) is 20.1 Å². The second-order valence-electron chi connectivity index (χ2n) is 14.6. The number of carbonyl (C=O) groups excluding carboxylic acids is 2. The summed E-state index contributed by atoms with van der Waals surface area (Å²) in [6, 6.07) is 8.32. The van der Waals surface area contributed by atoms with Gasteiger partial charge in [-0.15, -0.1) is 0 Å². The van der Waals surface area contributed by atoms with Crippen LogP contribution >= 0.6 is 0 Å². The first kappa shape index (κ1) is 36.6. The van der Waals surface area contributed by atoms with Gasteiger partial charge in [-0.25, -0.2) is 0 Å². The zero-order valence-electron chi connectivity index (χ0n) is 30.5. The lowest BCUT2D eigenvalue weighted by Crippen LogP contribution is -2.43. The summed E-state index contributed by atoms with van der Waals surface area (Å²) in [7, 11) is 3.48. The number of pyridine rings is 2. The van der Waals surface area contributed by atoms with E-state index >= 15 is 0 Å². The molecule has 262 valence electrons. The topological polar surface area (TPSA) is 132 Å². The van der Waals surface area contributed by atoms with Crippen LogP contribution in [0.5, 0.6) is 0 Å². The molecule has 10 nitrogen and oxygen atoms in total. The summed E-state index contributed by atoms with van der Waals surface area (Å²) in [6.07, 6.45) is 7.50. The van der Waals surface area contributed by atoms with Crippen molar-refractivity contribution in [2.75, 3.05) is 40.4 Å². The van der Waals surface area contributed by atoms with Crippen molar-refractivity contribution in [2.45, 2.75) is 90.3 Å². The van der Waals surface area contributed by atoms with Gasteiger partial charge in [0.15, 0.2) is 11.6 Å². The number of methoxy groups -OCH3 is 2. The van der Waals surface area contributed by atoms with Crippen molar-refractivity contribution in [1.82, 2.24) is 19.8 Å². The lowest BCUT2D eigenvalue weighted by atomic mass is 9.86. The number of allylic oxidation sites excluding steroid dienone is 3. The van der Waals surface area contributed by atoms with Crippen molar-refractivity contribution in [2.24, 2.45) is 0 Å². The molecule has 0 bridgehead atoms. The molecule has 4 heterocycles. The Morgan fingerprint density at radius 1 is 0.800 bits per heavy atom. The van der Waals surface area contributed by atoms with Crippen molar-refractivity contribution in [1.29, 1.82) is 10.5 Å². The number of nitriles is 2. The number of fused-ring (bicyclic) bond motifs is 2. The maximum atomic E-state index is 12.5. The highest BCUT2D eigenvalue weighted by Gasteiger charge is 2.37. The summed E-state index contributed by atoms with van der Waals surface area (Å²) in [6.45, 7) is 17.3. The van der Waals surface area contributed by atoms with Crippen molar-refractivity contribution in [3.05, 3.63) is 75.9 Å². The minimum Gasteiger partial charge on any atom is -0.378 e. The largest absolute Gasteiger partial charge is 0.378 e. The lowest BCUT2D eigenvalue weighted by molar-refractivity contribution is -0.115. The second kappa shape index (κ2) is 14.7. The summed E-state index contributed by atoms with van der Waals surface area (Å²) >= 11 is 0. The van der Waals surface area contributed by atoms with Gasteiger partial charge in [0.2, 0.25) is 0 Å². The highest BCUT2D eigenvalue weighted by atomic mass is 16.5. The zero-order chi connectivity index (χ0) is 36.4. The summed E-state index contributed by atoms with van der Waals surface area (Å²) in [5, 5.41) is 19.2. The first-order chi connectivity index (χ1) is 23.8. The Morgan fingerprint density at radius 3 is 1.60 bits per heavy atom. The number of aromatic nitrogens is 2. The van der Waals surface area contributed by atoms with E-state index in [4.69, 9.17) is 9.47 Å². The monoisotopic (exact) mass is 676 g/mol. The number of carbonyl (C=O) groups is 2. The van der Waals surface area contributed by atoms with Gasteiger partial charge >= 0.3 is 0 Å². The van der Waals surface area contributed by atoms with Crippen LogP contribution < -0.4 is 0 Å². The third-order valence-electron chi connectivity index (χ3n) is 10.8. The predicted octanol–water partition coefficient (Wildman–Crippen LogP) is 6.04. The Labute approximate surface area is 296 Å². The van der Waals surface area contributed by atoms with Gasteiger partial charge in [0.1, 0.15) is 23.3 Å². The van der Waals surface area contributed by atoms with Gasteiger partial charge in [-0.1, -0.05) is 20.4 Å². The fourth-order valence-corrected chi connectivity index (χ4v) is 7.01. The Bertz CT molecular complexity index is 1840. The quantitative estimate of drug-likeness (QED) is 0.357. The molecular weight excluding hydrogens is 628 g/mol. The molecule has 10 heteroatoms. The van der Waals surface area contributed by atoms with Gasteiger partial charge in [0.25, 0.3) is 0 Å². The molecule has 0 atom stereocenters. The molecule has 2 aromatic rings. The van der Waals surface area contributed by atoms with Gasteiger partial charge in [0.05, 0.1) is 28.3 Å². The fourth-order valence-electron chi connectivity index (χ4n) is 7.01. The highest BCUT2D eigenvalue weighted by molar-refractivity contribution is 6.10. The molecular formula is C40H48N6O4. The standard InChI is InChI=1S/C20H25N3O2.C20H23N3O2/c2*1-13(2)17-10-15-14(12-22-17)9-18(24)16(11-21)19(15)23-7-5-20(3,25-4)6-8-23/h10,12-13H,5-9H2,1-4H3;10,12H,1,5-9H2,2-4H3. The van der Waals surface area contributed by atoms with Crippen molar-refractivity contribution in [3.8, 4) is 12.1 Å². The zero-order valence-corrected chi connectivity index (χ0v) is 30.5. The molecule has 0 aromatic carbocycles. The average Bonchev–Trinajstić information content (AvgIpc) is 3.11.